The number of rotatable bonds is 3. The molecule has 5 aromatic rings. The van der Waals surface area contributed by atoms with Gasteiger partial charge in [0.15, 0.2) is 11.5 Å². The van der Waals surface area contributed by atoms with Crippen molar-refractivity contribution in [2.24, 2.45) is 11.8 Å². The third-order valence-electron chi connectivity index (χ3n) is 9.54. The number of hydrogen-bond acceptors (Lipinski definition) is 4. The van der Waals surface area contributed by atoms with E-state index in [1.165, 1.54) is 4.90 Å². The van der Waals surface area contributed by atoms with E-state index in [1.54, 1.807) is 18.2 Å². The number of hydrogen-bond donors (Lipinski definition) is 0. The largest absolute Gasteiger partial charge is 0.455 e. The molecule has 40 heavy (non-hydrogen) atoms. The second-order valence-electron chi connectivity index (χ2n) is 11.4. The molecule has 1 saturated heterocycles. The quantitative estimate of drug-likeness (QED) is 0.195. The molecule has 0 radical (unpaired) electrons. The monoisotopic (exact) mass is 523 g/mol. The van der Waals surface area contributed by atoms with Crippen LogP contribution in [0.15, 0.2) is 103 Å². The van der Waals surface area contributed by atoms with Crippen LogP contribution in [0.3, 0.4) is 0 Å². The molecule has 194 valence electrons. The van der Waals surface area contributed by atoms with Gasteiger partial charge >= 0.3 is 0 Å². The van der Waals surface area contributed by atoms with E-state index in [-0.39, 0.29) is 17.6 Å². The van der Waals surface area contributed by atoms with Crippen molar-refractivity contribution in [1.82, 2.24) is 0 Å². The molecule has 0 aromatic heterocycles. The number of anilines is 1. The van der Waals surface area contributed by atoms with E-state index in [0.717, 1.165) is 32.7 Å². The molecule has 5 nitrogen and oxygen atoms in total. The van der Waals surface area contributed by atoms with Crippen molar-refractivity contribution in [3.05, 3.63) is 114 Å². The van der Waals surface area contributed by atoms with Gasteiger partial charge < -0.3 is 4.74 Å². The predicted octanol–water partition coefficient (Wildman–Crippen LogP) is 6.70. The molecule has 1 heterocycles. The molecule has 2 fully saturated rings. The molecular formula is C35H25NO4. The fourth-order valence-electron chi connectivity index (χ4n) is 7.99. The average molecular weight is 524 g/mol. The summed E-state index contributed by atoms with van der Waals surface area (Å²) in [5.41, 5.74) is -0.0714. The number of fused-ring (bicyclic) bond motifs is 13. The Morgan fingerprint density at radius 2 is 1.02 bits per heavy atom. The Morgan fingerprint density at radius 1 is 0.575 bits per heavy atom. The molecule has 1 saturated carbocycles. The second-order valence-corrected chi connectivity index (χ2v) is 11.4. The zero-order chi connectivity index (χ0) is 27.4. The van der Waals surface area contributed by atoms with E-state index in [4.69, 9.17) is 4.74 Å². The standard InChI is InChI=1S/C35H25NO4/c1-34-27-23-16-8-6-14-21(23)22-15-7-9-17-24(22)28(27)35(2,33(34)39)30-29(34)31(37)36(32(30)38)25-18-10-11-19-26(25)40-20-12-4-3-5-13-20/h3-19,29-30H,1-2H3/t29-,30+,34-,35+. The van der Waals surface area contributed by atoms with Gasteiger partial charge in [0.2, 0.25) is 11.8 Å². The minimum atomic E-state index is -1.13. The number of ketones is 1. The van der Waals surface area contributed by atoms with E-state index < -0.39 is 22.7 Å². The van der Waals surface area contributed by atoms with Crippen LogP contribution in [0.2, 0.25) is 0 Å². The number of ether oxygens (including phenoxy) is 1. The highest BCUT2D eigenvalue weighted by atomic mass is 16.5. The van der Waals surface area contributed by atoms with E-state index in [0.29, 0.717) is 17.2 Å². The number of para-hydroxylation sites is 3. The van der Waals surface area contributed by atoms with Gasteiger partial charge in [-0.15, -0.1) is 0 Å². The molecule has 2 bridgehead atoms. The zero-order valence-electron chi connectivity index (χ0n) is 22.0. The van der Waals surface area contributed by atoms with Crippen LogP contribution in [-0.2, 0) is 25.2 Å². The maximum absolute atomic E-state index is 14.5. The van der Waals surface area contributed by atoms with E-state index in [1.807, 2.05) is 86.6 Å². The summed E-state index contributed by atoms with van der Waals surface area (Å²) in [4.78, 5) is 44.5. The number of carbonyl (C=O) groups excluding carboxylic acids is 3. The normalized spacial score (nSPS) is 26.6. The number of benzene rings is 5. The second kappa shape index (κ2) is 7.66. The van der Waals surface area contributed by atoms with Gasteiger partial charge in [-0.25, -0.2) is 4.90 Å². The van der Waals surface area contributed by atoms with Crippen molar-refractivity contribution in [3.8, 4) is 11.5 Å². The van der Waals surface area contributed by atoms with Crippen molar-refractivity contribution in [3.63, 3.8) is 0 Å². The highest BCUT2D eigenvalue weighted by Gasteiger charge is 2.78. The Hall–Kier alpha value is -4.77. The molecule has 5 aromatic carbocycles. The lowest BCUT2D eigenvalue weighted by Crippen LogP contribution is -2.42. The Bertz CT molecular complexity index is 1850. The minimum absolute atomic E-state index is 0.0401. The van der Waals surface area contributed by atoms with E-state index >= 15 is 0 Å². The summed E-state index contributed by atoms with van der Waals surface area (Å²) in [5, 5.41) is 4.05. The highest BCUT2D eigenvalue weighted by Crippen LogP contribution is 2.69. The Morgan fingerprint density at radius 3 is 1.57 bits per heavy atom. The molecular weight excluding hydrogens is 498 g/mol. The van der Waals surface area contributed by atoms with Crippen molar-refractivity contribution in [1.29, 1.82) is 0 Å². The number of Topliss-reactive ketones (excluding diaryl/α,β-unsaturated/α-hetero) is 1. The molecule has 0 spiro atoms. The van der Waals surface area contributed by atoms with Crippen molar-refractivity contribution in [2.75, 3.05) is 4.90 Å². The third-order valence-corrected chi connectivity index (χ3v) is 9.54. The lowest BCUT2D eigenvalue weighted by atomic mass is 9.63. The van der Waals surface area contributed by atoms with Crippen LogP contribution >= 0.6 is 0 Å². The molecule has 0 unspecified atom stereocenters. The van der Waals surface area contributed by atoms with E-state index in [9.17, 15) is 14.4 Å². The summed E-state index contributed by atoms with van der Waals surface area (Å²) in [6.07, 6.45) is 0. The van der Waals surface area contributed by atoms with Crippen molar-refractivity contribution < 1.29 is 19.1 Å². The highest BCUT2D eigenvalue weighted by molar-refractivity contribution is 6.32. The lowest BCUT2D eigenvalue weighted by Gasteiger charge is -2.35. The van der Waals surface area contributed by atoms with Gasteiger partial charge in [-0.05, 0) is 70.8 Å². The smallest absolute Gasteiger partial charge is 0.239 e. The van der Waals surface area contributed by atoms with Gasteiger partial charge in [-0.3, -0.25) is 14.4 Å². The van der Waals surface area contributed by atoms with Crippen LogP contribution < -0.4 is 9.64 Å². The third kappa shape index (κ3) is 2.56. The Kier molecular flexibility index (Phi) is 4.43. The summed E-state index contributed by atoms with van der Waals surface area (Å²) < 4.78 is 6.15. The molecule has 8 rings (SSSR count). The summed E-state index contributed by atoms with van der Waals surface area (Å²) in [5.74, 6) is -1.30. The first-order valence-corrected chi connectivity index (χ1v) is 13.6. The summed E-state index contributed by atoms with van der Waals surface area (Å²) in [7, 11) is 0. The Labute approximate surface area is 231 Å². The first kappa shape index (κ1) is 23.1. The average Bonchev–Trinajstić information content (AvgIpc) is 3.43. The van der Waals surface area contributed by atoms with Crippen LogP contribution in [-0.4, -0.2) is 17.6 Å². The Balaban J connectivity index is 1.36. The lowest BCUT2D eigenvalue weighted by molar-refractivity contribution is -0.131. The van der Waals surface area contributed by atoms with Gasteiger partial charge in [-0.2, -0.15) is 0 Å². The number of amides is 2. The summed E-state index contributed by atoms with van der Waals surface area (Å²) in [6.45, 7) is 3.76. The molecule has 4 atom stereocenters. The van der Waals surface area contributed by atoms with Crippen LogP contribution in [0, 0.1) is 11.8 Å². The molecule has 2 amide bonds. The molecule has 1 aliphatic heterocycles. The number of nitrogens with zero attached hydrogens (tertiary/aromatic N) is 1. The van der Waals surface area contributed by atoms with Gasteiger partial charge in [-0.1, -0.05) is 78.9 Å². The first-order valence-electron chi connectivity index (χ1n) is 13.6. The SMILES string of the molecule is C[C@]12C(=O)[C@](C)(c3c1c1ccccc1c1ccccc31)[C@H]1C(=O)N(c3ccccc3Oc3ccccc3)C(=O)[C@H]12. The van der Waals surface area contributed by atoms with Gasteiger partial charge in [0.1, 0.15) is 5.75 Å². The topological polar surface area (TPSA) is 63.7 Å². The van der Waals surface area contributed by atoms with Crippen molar-refractivity contribution in [2.45, 2.75) is 24.7 Å². The van der Waals surface area contributed by atoms with Crippen LogP contribution in [0.5, 0.6) is 11.5 Å². The zero-order valence-corrected chi connectivity index (χ0v) is 22.0. The van der Waals surface area contributed by atoms with Gasteiger partial charge in [0, 0.05) is 0 Å². The van der Waals surface area contributed by atoms with Crippen LogP contribution in [0.1, 0.15) is 25.0 Å². The summed E-state index contributed by atoms with van der Waals surface area (Å²) in [6, 6.07) is 32.6. The maximum atomic E-state index is 14.5. The molecule has 3 aliphatic rings. The van der Waals surface area contributed by atoms with Crippen LogP contribution in [0.4, 0.5) is 5.69 Å². The number of carbonyl (C=O) groups is 3. The first-order chi connectivity index (χ1) is 19.4. The molecule has 5 heteroatoms. The van der Waals surface area contributed by atoms with Gasteiger partial charge in [0.05, 0.1) is 28.4 Å². The molecule has 2 aliphatic carbocycles. The molecule has 0 N–H and O–H groups in total. The predicted molar refractivity (Wildman–Crippen MR) is 154 cm³/mol. The van der Waals surface area contributed by atoms with Gasteiger partial charge in [0.25, 0.3) is 0 Å². The fraction of sp³-hybridized carbons (Fsp3) is 0.171. The van der Waals surface area contributed by atoms with Crippen LogP contribution in [0.25, 0.3) is 21.5 Å². The summed E-state index contributed by atoms with van der Waals surface area (Å²) >= 11 is 0. The minimum Gasteiger partial charge on any atom is -0.455 e. The van der Waals surface area contributed by atoms with Crippen molar-refractivity contribution >= 4 is 44.8 Å². The fourth-order valence-corrected chi connectivity index (χ4v) is 7.99. The van der Waals surface area contributed by atoms with E-state index in [2.05, 4.69) is 12.1 Å². The number of imide groups is 1. The maximum Gasteiger partial charge on any atom is 0.239 e.